The molecule has 3 heteroatoms. The minimum absolute atomic E-state index is 0.242. The molecule has 0 fully saturated rings. The van der Waals surface area contributed by atoms with Crippen LogP contribution in [0.15, 0.2) is 30.3 Å². The fourth-order valence-corrected chi connectivity index (χ4v) is 1.32. The van der Waals surface area contributed by atoms with Crippen LogP contribution >= 0.6 is 0 Å². The van der Waals surface area contributed by atoms with Gasteiger partial charge in [-0.15, -0.1) is 0 Å². The molecule has 0 heterocycles. The Hall–Kier alpha value is -0.900. The van der Waals surface area contributed by atoms with Gasteiger partial charge in [0.2, 0.25) is 0 Å². The standard InChI is InChI=1S/C13H21NO2/c1-2-13(15)10-14-8-9-16-11-12-6-4-3-5-7-12/h3-7,13-15H,2,8-11H2,1H3. The third-order valence-electron chi connectivity index (χ3n) is 2.39. The van der Waals surface area contributed by atoms with E-state index >= 15 is 0 Å². The van der Waals surface area contributed by atoms with Crippen molar-refractivity contribution in [1.29, 1.82) is 0 Å². The maximum atomic E-state index is 9.29. The molecule has 16 heavy (non-hydrogen) atoms. The maximum absolute atomic E-state index is 9.29. The van der Waals surface area contributed by atoms with Crippen molar-refractivity contribution in [3.63, 3.8) is 0 Å². The first-order valence-corrected chi connectivity index (χ1v) is 5.83. The molecule has 0 aliphatic heterocycles. The molecule has 0 saturated carbocycles. The maximum Gasteiger partial charge on any atom is 0.0717 e. The third-order valence-corrected chi connectivity index (χ3v) is 2.39. The quantitative estimate of drug-likeness (QED) is 0.657. The van der Waals surface area contributed by atoms with Crippen LogP contribution in [0.4, 0.5) is 0 Å². The van der Waals surface area contributed by atoms with E-state index in [9.17, 15) is 5.11 Å². The molecule has 3 nitrogen and oxygen atoms in total. The second-order valence-corrected chi connectivity index (χ2v) is 3.80. The zero-order valence-corrected chi connectivity index (χ0v) is 9.86. The lowest BCUT2D eigenvalue weighted by molar-refractivity contribution is 0.116. The fourth-order valence-electron chi connectivity index (χ4n) is 1.32. The molecule has 90 valence electrons. The Morgan fingerprint density at radius 1 is 1.31 bits per heavy atom. The van der Waals surface area contributed by atoms with Gasteiger partial charge in [0.25, 0.3) is 0 Å². The average Bonchev–Trinajstić information content (AvgIpc) is 2.34. The van der Waals surface area contributed by atoms with Crippen LogP contribution in [0, 0.1) is 0 Å². The van der Waals surface area contributed by atoms with Crippen molar-refractivity contribution < 1.29 is 9.84 Å². The molecular weight excluding hydrogens is 202 g/mol. The molecule has 0 spiro atoms. The second-order valence-electron chi connectivity index (χ2n) is 3.80. The van der Waals surface area contributed by atoms with E-state index in [2.05, 4.69) is 5.32 Å². The van der Waals surface area contributed by atoms with Crippen molar-refractivity contribution in [3.05, 3.63) is 35.9 Å². The van der Waals surface area contributed by atoms with Gasteiger partial charge < -0.3 is 15.2 Å². The number of hydrogen-bond donors (Lipinski definition) is 2. The number of benzene rings is 1. The number of nitrogens with one attached hydrogen (secondary N) is 1. The minimum Gasteiger partial charge on any atom is -0.392 e. The van der Waals surface area contributed by atoms with Crippen molar-refractivity contribution in [2.45, 2.75) is 26.1 Å². The molecule has 0 bridgehead atoms. The van der Waals surface area contributed by atoms with Crippen molar-refractivity contribution in [2.75, 3.05) is 19.7 Å². The minimum atomic E-state index is -0.242. The van der Waals surface area contributed by atoms with Gasteiger partial charge in [0.05, 0.1) is 19.3 Å². The van der Waals surface area contributed by atoms with E-state index in [0.29, 0.717) is 19.8 Å². The molecule has 1 atom stereocenters. The van der Waals surface area contributed by atoms with Gasteiger partial charge in [0.1, 0.15) is 0 Å². The molecule has 1 aromatic carbocycles. The van der Waals surface area contributed by atoms with E-state index in [1.54, 1.807) is 0 Å². The predicted molar refractivity (Wildman–Crippen MR) is 65.3 cm³/mol. The van der Waals surface area contributed by atoms with Crippen LogP contribution in [0.3, 0.4) is 0 Å². The van der Waals surface area contributed by atoms with Gasteiger partial charge in [0, 0.05) is 13.1 Å². The van der Waals surface area contributed by atoms with Gasteiger partial charge >= 0.3 is 0 Å². The van der Waals surface area contributed by atoms with Gasteiger partial charge in [-0.05, 0) is 12.0 Å². The normalized spacial score (nSPS) is 12.6. The SMILES string of the molecule is CCC(O)CNCCOCc1ccccc1. The summed E-state index contributed by atoms with van der Waals surface area (Å²) in [6, 6.07) is 10.1. The first-order valence-electron chi connectivity index (χ1n) is 5.83. The monoisotopic (exact) mass is 223 g/mol. The lowest BCUT2D eigenvalue weighted by atomic mass is 10.2. The van der Waals surface area contributed by atoms with Crippen LogP contribution in [0.1, 0.15) is 18.9 Å². The summed E-state index contributed by atoms with van der Waals surface area (Å²) >= 11 is 0. The van der Waals surface area contributed by atoms with E-state index in [-0.39, 0.29) is 6.10 Å². The first-order chi connectivity index (χ1) is 7.83. The number of hydrogen-bond acceptors (Lipinski definition) is 3. The molecule has 0 saturated heterocycles. The Morgan fingerprint density at radius 2 is 2.06 bits per heavy atom. The highest BCUT2D eigenvalue weighted by Gasteiger charge is 1.98. The summed E-state index contributed by atoms with van der Waals surface area (Å²) in [6.45, 7) is 4.72. The average molecular weight is 223 g/mol. The van der Waals surface area contributed by atoms with Crippen molar-refractivity contribution in [1.82, 2.24) is 5.32 Å². The van der Waals surface area contributed by atoms with Gasteiger partial charge in [0.15, 0.2) is 0 Å². The topological polar surface area (TPSA) is 41.5 Å². The molecule has 2 N–H and O–H groups in total. The number of aliphatic hydroxyl groups excluding tert-OH is 1. The fraction of sp³-hybridized carbons (Fsp3) is 0.538. The van der Waals surface area contributed by atoms with Crippen molar-refractivity contribution >= 4 is 0 Å². The van der Waals surface area contributed by atoms with Crippen LogP contribution in [0.25, 0.3) is 0 Å². The van der Waals surface area contributed by atoms with E-state index in [0.717, 1.165) is 13.0 Å². The summed E-state index contributed by atoms with van der Waals surface area (Å²) < 4.78 is 5.49. The van der Waals surface area contributed by atoms with Gasteiger partial charge in [-0.3, -0.25) is 0 Å². The largest absolute Gasteiger partial charge is 0.392 e. The van der Waals surface area contributed by atoms with E-state index in [1.807, 2.05) is 37.3 Å². The highest BCUT2D eigenvalue weighted by Crippen LogP contribution is 1.99. The summed E-state index contributed by atoms with van der Waals surface area (Å²) in [6.07, 6.45) is 0.548. The lowest BCUT2D eigenvalue weighted by Crippen LogP contribution is -2.28. The molecule has 1 rings (SSSR count). The smallest absolute Gasteiger partial charge is 0.0717 e. The van der Waals surface area contributed by atoms with Gasteiger partial charge in [-0.2, -0.15) is 0 Å². The van der Waals surface area contributed by atoms with Crippen molar-refractivity contribution in [2.24, 2.45) is 0 Å². The highest BCUT2D eigenvalue weighted by atomic mass is 16.5. The molecule has 0 aliphatic carbocycles. The predicted octanol–water partition coefficient (Wildman–Crippen LogP) is 1.56. The summed E-state index contributed by atoms with van der Waals surface area (Å²) in [5.41, 5.74) is 1.19. The highest BCUT2D eigenvalue weighted by molar-refractivity contribution is 5.13. The van der Waals surface area contributed by atoms with Crippen LogP contribution in [0.2, 0.25) is 0 Å². The van der Waals surface area contributed by atoms with E-state index in [1.165, 1.54) is 5.56 Å². The third kappa shape index (κ3) is 5.85. The van der Waals surface area contributed by atoms with Crippen molar-refractivity contribution in [3.8, 4) is 0 Å². The Balaban J connectivity index is 1.96. The second kappa shape index (κ2) is 8.28. The summed E-state index contributed by atoms with van der Waals surface area (Å²) in [7, 11) is 0. The molecule has 0 amide bonds. The summed E-state index contributed by atoms with van der Waals surface area (Å²) in [5, 5.41) is 12.4. The Kier molecular flexibility index (Phi) is 6.81. The number of aliphatic hydroxyl groups is 1. The van der Waals surface area contributed by atoms with E-state index in [4.69, 9.17) is 4.74 Å². The zero-order chi connectivity index (χ0) is 11.6. The summed E-state index contributed by atoms with van der Waals surface area (Å²) in [4.78, 5) is 0. The van der Waals surface area contributed by atoms with Crippen LogP contribution in [-0.4, -0.2) is 30.9 Å². The lowest BCUT2D eigenvalue weighted by Gasteiger charge is -2.09. The van der Waals surface area contributed by atoms with Crippen LogP contribution in [0.5, 0.6) is 0 Å². The van der Waals surface area contributed by atoms with E-state index < -0.39 is 0 Å². The number of ether oxygens (including phenoxy) is 1. The van der Waals surface area contributed by atoms with Gasteiger partial charge in [-0.1, -0.05) is 37.3 Å². The number of rotatable bonds is 8. The molecule has 0 aliphatic rings. The molecule has 1 unspecified atom stereocenters. The molecular formula is C13H21NO2. The molecule has 1 aromatic rings. The molecule has 0 radical (unpaired) electrons. The Labute approximate surface area is 97.4 Å². The Morgan fingerprint density at radius 3 is 2.75 bits per heavy atom. The summed E-state index contributed by atoms with van der Waals surface area (Å²) in [5.74, 6) is 0. The Bertz CT molecular complexity index is 264. The van der Waals surface area contributed by atoms with Crippen LogP contribution < -0.4 is 5.32 Å². The van der Waals surface area contributed by atoms with Crippen LogP contribution in [-0.2, 0) is 11.3 Å². The zero-order valence-electron chi connectivity index (χ0n) is 9.86. The molecule has 0 aromatic heterocycles. The van der Waals surface area contributed by atoms with Gasteiger partial charge in [-0.25, -0.2) is 0 Å². The first kappa shape index (κ1) is 13.2.